The molecule has 9 nitrogen and oxygen atoms in total. The Bertz CT molecular complexity index is 1310. The van der Waals surface area contributed by atoms with Crippen LogP contribution in [0.2, 0.25) is 0 Å². The van der Waals surface area contributed by atoms with E-state index in [4.69, 9.17) is 9.47 Å². The van der Waals surface area contributed by atoms with E-state index in [0.717, 1.165) is 44.3 Å². The van der Waals surface area contributed by atoms with Crippen molar-refractivity contribution in [2.45, 2.75) is 78.0 Å². The molecule has 0 atom stereocenters. The highest BCUT2D eigenvalue weighted by Gasteiger charge is 2.22. The van der Waals surface area contributed by atoms with Gasteiger partial charge in [0.05, 0.1) is 12.8 Å². The van der Waals surface area contributed by atoms with Gasteiger partial charge >= 0.3 is 6.03 Å². The molecule has 2 heterocycles. The number of aromatic nitrogens is 1. The van der Waals surface area contributed by atoms with Gasteiger partial charge in [0.25, 0.3) is 5.91 Å². The van der Waals surface area contributed by atoms with Crippen molar-refractivity contribution in [2.75, 3.05) is 30.8 Å². The normalized spacial score (nSPS) is 14.3. The smallest absolute Gasteiger partial charge is 0.319 e. The highest BCUT2D eigenvalue weighted by atomic mass is 32.1. The lowest BCUT2D eigenvalue weighted by Gasteiger charge is -2.34. The van der Waals surface area contributed by atoms with Gasteiger partial charge < -0.3 is 25.0 Å². The second-order valence-electron chi connectivity index (χ2n) is 10.9. The van der Waals surface area contributed by atoms with Crippen LogP contribution in [0.25, 0.3) is 0 Å². The first-order chi connectivity index (χ1) is 20.3. The average Bonchev–Trinajstić information content (AvgIpc) is 3.44. The molecule has 0 aliphatic carbocycles. The predicted molar refractivity (Wildman–Crippen MR) is 169 cm³/mol. The van der Waals surface area contributed by atoms with Crippen molar-refractivity contribution in [3.63, 3.8) is 0 Å². The lowest BCUT2D eigenvalue weighted by atomic mass is 9.88. The molecular weight excluding hydrogens is 550 g/mol. The number of urea groups is 1. The van der Waals surface area contributed by atoms with Gasteiger partial charge in [-0.2, -0.15) is 0 Å². The van der Waals surface area contributed by atoms with E-state index in [-0.39, 0.29) is 18.0 Å². The maximum atomic E-state index is 12.9. The fourth-order valence-corrected chi connectivity index (χ4v) is 5.84. The van der Waals surface area contributed by atoms with Crippen LogP contribution in [-0.2, 0) is 11.3 Å². The van der Waals surface area contributed by atoms with Gasteiger partial charge in [-0.3, -0.25) is 10.1 Å². The Morgan fingerprint density at radius 3 is 2.40 bits per heavy atom. The summed E-state index contributed by atoms with van der Waals surface area (Å²) < 4.78 is 11.4. The summed E-state index contributed by atoms with van der Waals surface area (Å²) in [6.07, 6.45) is 5.61. The van der Waals surface area contributed by atoms with Crippen LogP contribution in [0.1, 0.15) is 80.8 Å². The second kappa shape index (κ2) is 15.1. The van der Waals surface area contributed by atoms with Gasteiger partial charge in [-0.25, -0.2) is 9.78 Å². The molecule has 10 heteroatoms. The van der Waals surface area contributed by atoms with Crippen LogP contribution in [0.5, 0.6) is 10.8 Å². The topological polar surface area (TPSA) is 105 Å². The van der Waals surface area contributed by atoms with E-state index in [0.29, 0.717) is 45.8 Å². The molecule has 0 saturated carbocycles. The summed E-state index contributed by atoms with van der Waals surface area (Å²) in [5, 5.41) is 9.70. The lowest BCUT2D eigenvalue weighted by Crippen LogP contribution is -2.37. The van der Waals surface area contributed by atoms with E-state index in [1.165, 1.54) is 16.9 Å². The van der Waals surface area contributed by atoms with Crippen molar-refractivity contribution in [2.24, 2.45) is 0 Å². The minimum Gasteiger partial charge on any atom is -0.445 e. The molecule has 226 valence electrons. The van der Waals surface area contributed by atoms with Crippen molar-refractivity contribution in [1.82, 2.24) is 15.2 Å². The Kier molecular flexibility index (Phi) is 11.3. The summed E-state index contributed by atoms with van der Waals surface area (Å²) >= 11 is 1.24. The summed E-state index contributed by atoms with van der Waals surface area (Å²) in [7, 11) is 1.60. The van der Waals surface area contributed by atoms with E-state index in [1.54, 1.807) is 25.4 Å². The summed E-state index contributed by atoms with van der Waals surface area (Å²) in [4.78, 5) is 32.1. The number of amides is 3. The van der Waals surface area contributed by atoms with Crippen LogP contribution in [0.4, 0.5) is 15.6 Å². The fourth-order valence-electron chi connectivity index (χ4n) is 5.17. The third-order valence-corrected chi connectivity index (χ3v) is 8.55. The van der Waals surface area contributed by atoms with E-state index >= 15 is 0 Å². The monoisotopic (exact) mass is 593 g/mol. The highest BCUT2D eigenvalue weighted by molar-refractivity contribution is 7.17. The van der Waals surface area contributed by atoms with E-state index in [1.807, 2.05) is 32.0 Å². The van der Waals surface area contributed by atoms with Crippen LogP contribution in [0, 0.1) is 0 Å². The third kappa shape index (κ3) is 8.53. The number of thiazole rings is 1. The Morgan fingerprint density at radius 2 is 1.76 bits per heavy atom. The molecule has 1 fully saturated rings. The largest absolute Gasteiger partial charge is 0.445 e. The van der Waals surface area contributed by atoms with Crippen LogP contribution in [-0.4, -0.2) is 54.1 Å². The first-order valence-electron chi connectivity index (χ1n) is 14.8. The molecular formula is C32H43N5O4S. The number of hydrogen-bond acceptors (Lipinski definition) is 7. The first-order valence-corrected chi connectivity index (χ1v) is 15.6. The maximum Gasteiger partial charge on any atom is 0.319 e. The van der Waals surface area contributed by atoms with Gasteiger partial charge in [-0.1, -0.05) is 37.3 Å². The van der Waals surface area contributed by atoms with Crippen molar-refractivity contribution in [3.05, 3.63) is 65.4 Å². The van der Waals surface area contributed by atoms with Crippen LogP contribution in [0.3, 0.4) is 0 Å². The number of benzene rings is 2. The first kappa shape index (κ1) is 31.5. The molecule has 3 N–H and O–H groups in total. The minimum atomic E-state index is -0.245. The summed E-state index contributed by atoms with van der Waals surface area (Å²) in [6.45, 7) is 11.1. The zero-order chi connectivity index (χ0) is 30.1. The SMILES string of the molecule is CCC(CC)NC(=O)Nc1ccc(Oc2cnc(NC(=O)c3ccc(C4CCN(C(C)C)CC4)cc3)s2)c(COC)c1. The third-order valence-electron chi connectivity index (χ3n) is 7.76. The summed E-state index contributed by atoms with van der Waals surface area (Å²) in [6, 6.07) is 13.8. The standard InChI is InChI=1S/C32H43N5O4S/c1-6-26(7-2)34-31(39)35-27-12-13-28(25(18-27)20-40-5)41-29-19-33-32(42-29)36-30(38)24-10-8-22(9-11-24)23-14-16-37(17-15-23)21(3)4/h8-13,18-19,21,23,26H,6-7,14-17,20H2,1-5H3,(H,33,36,38)(H2,34,35,39). The molecule has 2 aromatic carbocycles. The number of nitrogens with one attached hydrogen (secondary N) is 3. The zero-order valence-electron chi connectivity index (χ0n) is 25.2. The van der Waals surface area contributed by atoms with Gasteiger partial charge in [0.15, 0.2) is 5.13 Å². The molecule has 3 amide bonds. The average molecular weight is 594 g/mol. The number of nitrogens with zero attached hydrogens (tertiary/aromatic N) is 2. The van der Waals surface area contributed by atoms with Gasteiger partial charge in [0, 0.05) is 36.0 Å². The number of rotatable bonds is 12. The number of piperidine rings is 1. The van der Waals surface area contributed by atoms with Crippen molar-refractivity contribution in [1.29, 1.82) is 0 Å². The van der Waals surface area contributed by atoms with Crippen LogP contribution < -0.4 is 20.7 Å². The quantitative estimate of drug-likeness (QED) is 0.205. The molecule has 1 aliphatic rings. The van der Waals surface area contributed by atoms with Crippen molar-refractivity contribution >= 4 is 34.1 Å². The second-order valence-corrected chi connectivity index (χ2v) is 11.9. The van der Waals surface area contributed by atoms with E-state index in [2.05, 4.69) is 51.8 Å². The molecule has 1 aliphatic heterocycles. The van der Waals surface area contributed by atoms with Gasteiger partial charge in [0.1, 0.15) is 5.75 Å². The Hall–Kier alpha value is -3.47. The highest BCUT2D eigenvalue weighted by Crippen LogP contribution is 2.34. The van der Waals surface area contributed by atoms with Gasteiger partial charge in [0.2, 0.25) is 5.06 Å². The Morgan fingerprint density at radius 1 is 1.05 bits per heavy atom. The maximum absolute atomic E-state index is 12.9. The number of carbonyl (C=O) groups excluding carboxylic acids is 2. The molecule has 0 bridgehead atoms. The zero-order valence-corrected chi connectivity index (χ0v) is 26.1. The van der Waals surface area contributed by atoms with Crippen molar-refractivity contribution in [3.8, 4) is 10.8 Å². The predicted octanol–water partition coefficient (Wildman–Crippen LogP) is 7.23. The number of anilines is 2. The number of likely N-dealkylation sites (tertiary alicyclic amines) is 1. The summed E-state index contributed by atoms with van der Waals surface area (Å²) in [5.74, 6) is 0.911. The van der Waals surface area contributed by atoms with E-state index < -0.39 is 0 Å². The molecule has 0 unspecified atom stereocenters. The summed E-state index contributed by atoms with van der Waals surface area (Å²) in [5.41, 5.74) is 3.29. The van der Waals surface area contributed by atoms with E-state index in [9.17, 15) is 9.59 Å². The molecule has 42 heavy (non-hydrogen) atoms. The molecule has 3 aromatic rings. The van der Waals surface area contributed by atoms with Gasteiger partial charge in [-0.15, -0.1) is 0 Å². The van der Waals surface area contributed by atoms with Crippen LogP contribution in [0.15, 0.2) is 48.7 Å². The number of ether oxygens (including phenoxy) is 2. The Balaban J connectivity index is 1.34. The number of hydrogen-bond donors (Lipinski definition) is 3. The lowest BCUT2D eigenvalue weighted by molar-refractivity contribution is 0.102. The molecule has 0 spiro atoms. The molecule has 1 saturated heterocycles. The minimum absolute atomic E-state index is 0.129. The fraction of sp³-hybridized carbons (Fsp3) is 0.469. The van der Waals surface area contributed by atoms with Gasteiger partial charge in [-0.05, 0) is 94.4 Å². The number of carbonyl (C=O) groups is 2. The molecule has 4 rings (SSSR count). The Labute approximate surface area is 253 Å². The van der Waals surface area contributed by atoms with Crippen molar-refractivity contribution < 1.29 is 19.1 Å². The number of methoxy groups -OCH3 is 1. The van der Waals surface area contributed by atoms with Crippen LogP contribution >= 0.6 is 11.3 Å². The molecule has 1 aromatic heterocycles. The molecule has 0 radical (unpaired) electrons.